The molecule has 0 saturated carbocycles. The van der Waals surface area contributed by atoms with Gasteiger partial charge in [-0.15, -0.1) is 0 Å². The Morgan fingerprint density at radius 2 is 1.45 bits per heavy atom. The Kier molecular flexibility index (Phi) is 4.59. The smallest absolute Gasteiger partial charge is 0.316 e. The number of hydrogen-bond donors (Lipinski definition) is 2. The van der Waals surface area contributed by atoms with E-state index < -0.39 is 41.2 Å². The highest BCUT2D eigenvalue weighted by atomic mass is 19.4. The molecule has 0 aliphatic carbocycles. The van der Waals surface area contributed by atoms with Crippen molar-refractivity contribution in [3.8, 4) is 0 Å². The van der Waals surface area contributed by atoms with Gasteiger partial charge in [-0.05, 0) is 19.1 Å². The first-order valence-corrected chi connectivity index (χ1v) is 5.45. The van der Waals surface area contributed by atoms with Crippen molar-refractivity contribution in [3.05, 3.63) is 29.8 Å². The van der Waals surface area contributed by atoms with E-state index in [1.54, 1.807) is 5.32 Å². The van der Waals surface area contributed by atoms with Crippen LogP contribution in [-0.4, -0.2) is 23.9 Å². The number of rotatable bonds is 2. The SMILES string of the molecule is CC(NC(=O)Nc1ccc(F)c(F)c1)(C(F)(F)F)C(F)(F)F. The van der Waals surface area contributed by atoms with Crippen LogP contribution in [0.1, 0.15) is 6.92 Å². The molecule has 11 heteroatoms. The van der Waals surface area contributed by atoms with Gasteiger partial charge in [0, 0.05) is 11.8 Å². The van der Waals surface area contributed by atoms with Crippen LogP contribution in [0.2, 0.25) is 0 Å². The van der Waals surface area contributed by atoms with Crippen LogP contribution >= 0.6 is 0 Å². The van der Waals surface area contributed by atoms with E-state index in [0.717, 1.165) is 11.4 Å². The Morgan fingerprint density at radius 3 is 1.86 bits per heavy atom. The van der Waals surface area contributed by atoms with Crippen LogP contribution in [0.3, 0.4) is 0 Å². The molecule has 0 aliphatic rings. The summed E-state index contributed by atoms with van der Waals surface area (Å²) >= 11 is 0. The Bertz CT molecular complexity index is 552. The van der Waals surface area contributed by atoms with Gasteiger partial charge in [0.05, 0.1) is 0 Å². The minimum atomic E-state index is -5.82. The number of amides is 2. The third-order valence-electron chi connectivity index (χ3n) is 2.67. The highest BCUT2D eigenvalue weighted by Crippen LogP contribution is 2.42. The van der Waals surface area contributed by atoms with E-state index in [-0.39, 0.29) is 6.92 Å². The molecule has 2 N–H and O–H groups in total. The zero-order valence-electron chi connectivity index (χ0n) is 10.7. The van der Waals surface area contributed by atoms with Crippen LogP contribution in [0.15, 0.2) is 18.2 Å². The van der Waals surface area contributed by atoms with Gasteiger partial charge in [0.1, 0.15) is 0 Å². The molecule has 1 rings (SSSR count). The fraction of sp³-hybridized carbons (Fsp3) is 0.364. The number of alkyl halides is 6. The summed E-state index contributed by atoms with van der Waals surface area (Å²) in [5.41, 5.74) is -5.04. The van der Waals surface area contributed by atoms with E-state index in [1.807, 2.05) is 0 Å². The molecule has 22 heavy (non-hydrogen) atoms. The molecular weight excluding hydrogens is 328 g/mol. The van der Waals surface area contributed by atoms with E-state index >= 15 is 0 Å². The summed E-state index contributed by atoms with van der Waals surface area (Å²) in [5.74, 6) is -2.74. The second kappa shape index (κ2) is 5.61. The molecule has 3 nitrogen and oxygen atoms in total. The third-order valence-corrected chi connectivity index (χ3v) is 2.67. The molecule has 124 valence electrons. The molecule has 0 heterocycles. The van der Waals surface area contributed by atoms with E-state index in [0.29, 0.717) is 12.1 Å². The van der Waals surface area contributed by atoms with Gasteiger partial charge in [-0.2, -0.15) is 26.3 Å². The second-order valence-electron chi connectivity index (χ2n) is 4.33. The van der Waals surface area contributed by atoms with Crippen molar-refractivity contribution in [3.63, 3.8) is 0 Å². The fourth-order valence-corrected chi connectivity index (χ4v) is 1.27. The summed E-state index contributed by atoms with van der Waals surface area (Å²) in [6.45, 7) is -0.266. The summed E-state index contributed by atoms with van der Waals surface area (Å²) < 4.78 is 101. The maximum absolute atomic E-state index is 12.8. The molecule has 0 unspecified atom stereocenters. The Labute approximate surface area is 118 Å². The summed E-state index contributed by atoms with van der Waals surface area (Å²) in [4.78, 5) is 11.3. The number of anilines is 1. The Morgan fingerprint density at radius 1 is 0.955 bits per heavy atom. The molecule has 0 bridgehead atoms. The van der Waals surface area contributed by atoms with E-state index in [2.05, 4.69) is 0 Å². The van der Waals surface area contributed by atoms with Gasteiger partial charge in [0.15, 0.2) is 11.6 Å². The topological polar surface area (TPSA) is 41.1 Å². The second-order valence-corrected chi connectivity index (χ2v) is 4.33. The molecule has 1 aromatic rings. The van der Waals surface area contributed by atoms with Crippen molar-refractivity contribution in [2.45, 2.75) is 24.8 Å². The molecule has 0 radical (unpaired) electrons. The quantitative estimate of drug-likeness (QED) is 0.789. The van der Waals surface area contributed by atoms with Crippen LogP contribution in [-0.2, 0) is 0 Å². The summed E-state index contributed by atoms with van der Waals surface area (Å²) in [7, 11) is 0. The first kappa shape index (κ1) is 18.0. The molecule has 1 aromatic carbocycles. The lowest BCUT2D eigenvalue weighted by Crippen LogP contribution is -2.66. The molecule has 0 saturated heterocycles. The molecule has 0 spiro atoms. The zero-order valence-corrected chi connectivity index (χ0v) is 10.7. The maximum atomic E-state index is 12.8. The molecule has 0 aromatic heterocycles. The van der Waals surface area contributed by atoms with Gasteiger partial charge in [-0.25, -0.2) is 13.6 Å². The summed E-state index contributed by atoms with van der Waals surface area (Å²) in [5, 5.41) is 2.29. The van der Waals surface area contributed by atoms with Gasteiger partial charge < -0.3 is 10.6 Å². The van der Waals surface area contributed by atoms with Gasteiger partial charge >= 0.3 is 18.4 Å². The molecule has 2 amide bonds. The van der Waals surface area contributed by atoms with Crippen LogP contribution in [0.4, 0.5) is 45.6 Å². The number of urea groups is 1. The largest absolute Gasteiger partial charge is 0.420 e. The Hall–Kier alpha value is -2.07. The lowest BCUT2D eigenvalue weighted by molar-refractivity contribution is -0.297. The van der Waals surface area contributed by atoms with Crippen LogP contribution in [0, 0.1) is 11.6 Å². The average molecular weight is 336 g/mol. The standard InChI is InChI=1S/C11H8F8N2O/c1-9(10(14,15)16,11(17,18)19)21-8(22)20-5-2-3-6(12)7(13)4-5/h2-4H,1H3,(H2,20,21,22). The number of benzene rings is 1. The molecular formula is C11H8F8N2O. The van der Waals surface area contributed by atoms with Crippen molar-refractivity contribution in [1.29, 1.82) is 0 Å². The predicted octanol–water partition coefficient (Wildman–Crippen LogP) is 3.97. The molecule has 0 fully saturated rings. The first-order chi connectivity index (χ1) is 9.78. The monoisotopic (exact) mass is 336 g/mol. The van der Waals surface area contributed by atoms with Gasteiger partial charge in [-0.1, -0.05) is 0 Å². The van der Waals surface area contributed by atoms with Crippen molar-refractivity contribution in [2.24, 2.45) is 0 Å². The fourth-order valence-electron chi connectivity index (χ4n) is 1.27. The van der Waals surface area contributed by atoms with E-state index in [9.17, 15) is 39.9 Å². The van der Waals surface area contributed by atoms with Crippen molar-refractivity contribution >= 4 is 11.7 Å². The number of halogens is 8. The van der Waals surface area contributed by atoms with Crippen molar-refractivity contribution in [2.75, 3.05) is 5.32 Å². The molecule has 0 atom stereocenters. The summed E-state index contributed by atoms with van der Waals surface area (Å²) in [6, 6.07) is -0.190. The predicted molar refractivity (Wildman–Crippen MR) is 59.0 cm³/mol. The average Bonchev–Trinajstić information content (AvgIpc) is 2.30. The van der Waals surface area contributed by atoms with Crippen LogP contribution in [0.5, 0.6) is 0 Å². The minimum absolute atomic E-state index is 0.266. The van der Waals surface area contributed by atoms with Gasteiger partial charge in [0.25, 0.3) is 0 Å². The number of carbonyl (C=O) groups is 1. The van der Waals surface area contributed by atoms with Crippen molar-refractivity contribution < 1.29 is 39.9 Å². The summed E-state index contributed by atoms with van der Waals surface area (Å²) in [6.07, 6.45) is -11.6. The number of carbonyl (C=O) groups excluding carboxylic acids is 1. The lowest BCUT2D eigenvalue weighted by atomic mass is 10.0. The number of nitrogens with one attached hydrogen (secondary N) is 2. The Balaban J connectivity index is 2.96. The van der Waals surface area contributed by atoms with Gasteiger partial charge in [0.2, 0.25) is 5.54 Å². The lowest BCUT2D eigenvalue weighted by Gasteiger charge is -2.34. The highest BCUT2D eigenvalue weighted by Gasteiger charge is 2.68. The number of hydrogen-bond acceptors (Lipinski definition) is 1. The van der Waals surface area contributed by atoms with Crippen LogP contribution in [0.25, 0.3) is 0 Å². The minimum Gasteiger partial charge on any atom is -0.316 e. The first-order valence-electron chi connectivity index (χ1n) is 5.45. The molecule has 0 aliphatic heterocycles. The normalized spacial score (nSPS) is 13.0. The van der Waals surface area contributed by atoms with E-state index in [4.69, 9.17) is 0 Å². The van der Waals surface area contributed by atoms with Crippen molar-refractivity contribution in [1.82, 2.24) is 5.32 Å². The third kappa shape index (κ3) is 3.57. The van der Waals surface area contributed by atoms with E-state index in [1.165, 1.54) is 0 Å². The maximum Gasteiger partial charge on any atom is 0.420 e. The highest BCUT2D eigenvalue weighted by molar-refractivity contribution is 5.89. The zero-order chi connectivity index (χ0) is 17.3. The van der Waals surface area contributed by atoms with Crippen LogP contribution < -0.4 is 10.6 Å². The van der Waals surface area contributed by atoms with Gasteiger partial charge in [-0.3, -0.25) is 0 Å².